The Morgan fingerprint density at radius 1 is 1.39 bits per heavy atom. The van der Waals surface area contributed by atoms with Crippen molar-refractivity contribution in [2.45, 2.75) is 12.8 Å². The van der Waals surface area contributed by atoms with E-state index >= 15 is 0 Å². The molecule has 0 radical (unpaired) electrons. The van der Waals surface area contributed by atoms with Gasteiger partial charge in [0.1, 0.15) is 11.6 Å². The molecule has 1 aromatic rings. The van der Waals surface area contributed by atoms with E-state index in [-0.39, 0.29) is 11.8 Å². The van der Waals surface area contributed by atoms with E-state index in [1.807, 2.05) is 6.07 Å². The van der Waals surface area contributed by atoms with Gasteiger partial charge in [0.05, 0.1) is 5.69 Å². The van der Waals surface area contributed by atoms with E-state index in [1.54, 1.807) is 13.1 Å². The first kappa shape index (κ1) is 12.5. The molecule has 2 rings (SSSR count). The van der Waals surface area contributed by atoms with Crippen LogP contribution in [0.5, 0.6) is 0 Å². The number of nitrogens with two attached hydrogens (primary N) is 2. The second-order valence-corrected chi connectivity index (χ2v) is 4.52. The average molecular weight is 249 g/mol. The Balaban J connectivity index is 2.01. The monoisotopic (exact) mass is 249 g/mol. The van der Waals surface area contributed by atoms with E-state index in [1.165, 1.54) is 0 Å². The van der Waals surface area contributed by atoms with Crippen molar-refractivity contribution in [3.63, 3.8) is 0 Å². The maximum atomic E-state index is 11.5. The summed E-state index contributed by atoms with van der Waals surface area (Å²) in [6.45, 7) is 1.63. The van der Waals surface area contributed by atoms with Crippen molar-refractivity contribution >= 4 is 23.2 Å². The number of hydrogen-bond donors (Lipinski definition) is 3. The molecular formula is C12H19N5O. The molecule has 0 atom stereocenters. The number of nitrogens with zero attached hydrogens (tertiary/aromatic N) is 2. The van der Waals surface area contributed by atoms with E-state index in [4.69, 9.17) is 11.5 Å². The van der Waals surface area contributed by atoms with Crippen LogP contribution in [-0.2, 0) is 4.79 Å². The van der Waals surface area contributed by atoms with Crippen molar-refractivity contribution < 1.29 is 4.79 Å². The molecule has 0 saturated carbocycles. The van der Waals surface area contributed by atoms with E-state index in [2.05, 4.69) is 15.2 Å². The van der Waals surface area contributed by atoms with Crippen LogP contribution in [0.15, 0.2) is 12.1 Å². The van der Waals surface area contributed by atoms with Gasteiger partial charge in [-0.25, -0.2) is 4.98 Å². The summed E-state index contributed by atoms with van der Waals surface area (Å²) in [5.74, 6) is 1.43. The van der Waals surface area contributed by atoms with Crippen molar-refractivity contribution in [3.8, 4) is 0 Å². The molecule has 0 bridgehead atoms. The van der Waals surface area contributed by atoms with E-state index in [0.29, 0.717) is 11.5 Å². The van der Waals surface area contributed by atoms with Crippen LogP contribution < -0.4 is 21.7 Å². The zero-order chi connectivity index (χ0) is 13.1. The Labute approximate surface area is 106 Å². The fraction of sp³-hybridized carbons (Fsp3) is 0.500. The second-order valence-electron chi connectivity index (χ2n) is 4.52. The average Bonchev–Trinajstić information content (AvgIpc) is 2.41. The van der Waals surface area contributed by atoms with Crippen molar-refractivity contribution in [1.29, 1.82) is 0 Å². The van der Waals surface area contributed by atoms with Gasteiger partial charge in [0, 0.05) is 26.1 Å². The minimum Gasteiger partial charge on any atom is -0.396 e. The standard InChI is InChI=1S/C12H19N5O/c1-15-12(18)8-4-6-17(7-5-8)10-3-2-9(13)11(14)16-10/h2-3,8H,4-7,13H2,1H3,(H2,14,16)(H,15,18). The molecule has 0 aliphatic carbocycles. The van der Waals surface area contributed by atoms with Crippen LogP contribution in [0, 0.1) is 5.92 Å². The zero-order valence-electron chi connectivity index (χ0n) is 10.5. The maximum absolute atomic E-state index is 11.5. The third-order valence-electron chi connectivity index (χ3n) is 3.38. The molecule has 1 aliphatic rings. The van der Waals surface area contributed by atoms with Crippen LogP contribution >= 0.6 is 0 Å². The first-order chi connectivity index (χ1) is 8.61. The summed E-state index contributed by atoms with van der Waals surface area (Å²) < 4.78 is 0. The maximum Gasteiger partial charge on any atom is 0.222 e. The first-order valence-corrected chi connectivity index (χ1v) is 6.10. The van der Waals surface area contributed by atoms with Gasteiger partial charge in [-0.1, -0.05) is 0 Å². The molecule has 0 unspecified atom stereocenters. The lowest BCUT2D eigenvalue weighted by atomic mass is 9.96. The fourth-order valence-corrected chi connectivity index (χ4v) is 2.23. The number of nitrogens with one attached hydrogen (secondary N) is 1. The Morgan fingerprint density at radius 3 is 2.61 bits per heavy atom. The number of aromatic nitrogens is 1. The summed E-state index contributed by atoms with van der Waals surface area (Å²) in [5.41, 5.74) is 11.8. The topological polar surface area (TPSA) is 97.3 Å². The van der Waals surface area contributed by atoms with Crippen molar-refractivity contribution in [1.82, 2.24) is 10.3 Å². The Kier molecular flexibility index (Phi) is 3.55. The molecule has 6 nitrogen and oxygen atoms in total. The number of carbonyl (C=O) groups is 1. The third kappa shape index (κ3) is 2.47. The van der Waals surface area contributed by atoms with Crippen LogP contribution in [0.1, 0.15) is 12.8 Å². The number of nitrogen functional groups attached to an aromatic ring is 2. The normalized spacial score (nSPS) is 16.6. The molecule has 18 heavy (non-hydrogen) atoms. The smallest absolute Gasteiger partial charge is 0.222 e. The van der Waals surface area contributed by atoms with Gasteiger partial charge < -0.3 is 21.7 Å². The van der Waals surface area contributed by atoms with Crippen molar-refractivity contribution in [2.75, 3.05) is 36.5 Å². The molecule has 0 aromatic carbocycles. The number of anilines is 3. The minimum atomic E-state index is 0.109. The Hall–Kier alpha value is -1.98. The van der Waals surface area contributed by atoms with E-state index in [0.717, 1.165) is 31.7 Å². The predicted octanol–water partition coefficient (Wildman–Crippen LogP) is 0.208. The summed E-state index contributed by atoms with van der Waals surface area (Å²) in [5, 5.41) is 2.70. The van der Waals surface area contributed by atoms with Gasteiger partial charge in [-0.15, -0.1) is 0 Å². The van der Waals surface area contributed by atoms with E-state index < -0.39 is 0 Å². The highest BCUT2D eigenvalue weighted by molar-refractivity contribution is 5.78. The largest absolute Gasteiger partial charge is 0.396 e. The highest BCUT2D eigenvalue weighted by Gasteiger charge is 2.24. The zero-order valence-corrected chi connectivity index (χ0v) is 10.5. The summed E-state index contributed by atoms with van der Waals surface area (Å²) >= 11 is 0. The van der Waals surface area contributed by atoms with Crippen LogP contribution in [0.2, 0.25) is 0 Å². The minimum absolute atomic E-state index is 0.109. The summed E-state index contributed by atoms with van der Waals surface area (Å²) in [6.07, 6.45) is 1.68. The lowest BCUT2D eigenvalue weighted by Gasteiger charge is -2.32. The molecule has 6 heteroatoms. The Morgan fingerprint density at radius 2 is 2.06 bits per heavy atom. The molecular weight excluding hydrogens is 230 g/mol. The van der Waals surface area contributed by atoms with Crippen molar-refractivity contribution in [3.05, 3.63) is 12.1 Å². The number of rotatable bonds is 2. The van der Waals surface area contributed by atoms with Gasteiger partial charge in [0.15, 0.2) is 0 Å². The van der Waals surface area contributed by atoms with Crippen LogP contribution in [-0.4, -0.2) is 31.0 Å². The first-order valence-electron chi connectivity index (χ1n) is 6.10. The molecule has 2 heterocycles. The number of hydrogen-bond acceptors (Lipinski definition) is 5. The lowest BCUT2D eigenvalue weighted by molar-refractivity contribution is -0.125. The van der Waals surface area contributed by atoms with Crippen LogP contribution in [0.25, 0.3) is 0 Å². The number of pyridine rings is 1. The second kappa shape index (κ2) is 5.12. The fourth-order valence-electron chi connectivity index (χ4n) is 2.23. The van der Waals surface area contributed by atoms with Crippen molar-refractivity contribution in [2.24, 2.45) is 5.92 Å². The van der Waals surface area contributed by atoms with E-state index in [9.17, 15) is 4.79 Å². The summed E-state index contributed by atoms with van der Waals surface area (Å²) in [7, 11) is 1.68. The number of piperidine rings is 1. The molecule has 5 N–H and O–H groups in total. The Bertz CT molecular complexity index is 440. The van der Waals surface area contributed by atoms with Gasteiger partial charge in [-0.05, 0) is 25.0 Å². The summed E-state index contributed by atoms with van der Waals surface area (Å²) in [6, 6.07) is 3.63. The predicted molar refractivity (Wildman–Crippen MR) is 72.1 cm³/mol. The summed E-state index contributed by atoms with van der Waals surface area (Å²) in [4.78, 5) is 17.9. The number of amides is 1. The lowest BCUT2D eigenvalue weighted by Crippen LogP contribution is -2.39. The molecule has 0 spiro atoms. The SMILES string of the molecule is CNC(=O)C1CCN(c2ccc(N)c(N)n2)CC1. The van der Waals surface area contributed by atoms with Gasteiger partial charge in [0.2, 0.25) is 5.91 Å². The van der Waals surface area contributed by atoms with Crippen LogP contribution in [0.4, 0.5) is 17.3 Å². The molecule has 98 valence electrons. The molecule has 1 saturated heterocycles. The molecule has 1 aromatic heterocycles. The quantitative estimate of drug-likeness (QED) is 0.696. The molecule has 1 aliphatic heterocycles. The molecule has 1 fully saturated rings. The van der Waals surface area contributed by atoms with Gasteiger partial charge in [-0.3, -0.25) is 4.79 Å². The highest BCUT2D eigenvalue weighted by atomic mass is 16.1. The van der Waals surface area contributed by atoms with Gasteiger partial charge in [-0.2, -0.15) is 0 Å². The number of carbonyl (C=O) groups excluding carboxylic acids is 1. The van der Waals surface area contributed by atoms with Gasteiger partial charge in [0.25, 0.3) is 0 Å². The highest BCUT2D eigenvalue weighted by Crippen LogP contribution is 2.24. The molecule has 1 amide bonds. The third-order valence-corrected chi connectivity index (χ3v) is 3.38. The van der Waals surface area contributed by atoms with Crippen LogP contribution in [0.3, 0.4) is 0 Å². The van der Waals surface area contributed by atoms with Gasteiger partial charge >= 0.3 is 0 Å².